The number of ketones is 4. The zero-order valence-corrected chi connectivity index (χ0v) is 14.6. The third kappa shape index (κ3) is 2.13. The van der Waals surface area contributed by atoms with Crippen LogP contribution < -0.4 is 0 Å². The van der Waals surface area contributed by atoms with Crippen molar-refractivity contribution in [2.24, 2.45) is 11.8 Å². The molecule has 28 heavy (non-hydrogen) atoms. The van der Waals surface area contributed by atoms with Crippen molar-refractivity contribution in [1.82, 2.24) is 0 Å². The quantitative estimate of drug-likeness (QED) is 0.656. The van der Waals surface area contributed by atoms with Gasteiger partial charge in [0.1, 0.15) is 5.76 Å². The molecule has 0 radical (unpaired) electrons. The van der Waals surface area contributed by atoms with Crippen LogP contribution in [0.4, 0.5) is 0 Å². The summed E-state index contributed by atoms with van der Waals surface area (Å²) in [7, 11) is 0. The Hall–Kier alpha value is -3.60. The molecule has 0 bridgehead atoms. The largest absolute Gasteiger partial charge is 0.469 e. The van der Waals surface area contributed by atoms with E-state index in [-0.39, 0.29) is 23.1 Å². The van der Waals surface area contributed by atoms with Crippen molar-refractivity contribution in [2.45, 2.75) is 5.92 Å². The van der Waals surface area contributed by atoms with E-state index in [4.69, 9.17) is 4.42 Å². The van der Waals surface area contributed by atoms with E-state index in [1.54, 1.807) is 60.7 Å². The molecule has 5 rings (SSSR count). The van der Waals surface area contributed by atoms with Gasteiger partial charge in [-0.25, -0.2) is 0 Å². The van der Waals surface area contributed by atoms with E-state index in [0.29, 0.717) is 28.0 Å². The third-order valence-electron chi connectivity index (χ3n) is 5.64. The second-order valence-corrected chi connectivity index (χ2v) is 7.04. The average Bonchev–Trinajstić information content (AvgIpc) is 3.40. The van der Waals surface area contributed by atoms with Gasteiger partial charge in [-0.3, -0.25) is 19.2 Å². The van der Waals surface area contributed by atoms with Crippen molar-refractivity contribution >= 4 is 23.1 Å². The van der Waals surface area contributed by atoms with Gasteiger partial charge in [-0.15, -0.1) is 0 Å². The van der Waals surface area contributed by atoms with Gasteiger partial charge < -0.3 is 4.42 Å². The summed E-state index contributed by atoms with van der Waals surface area (Å²) >= 11 is 0. The van der Waals surface area contributed by atoms with E-state index in [1.165, 1.54) is 6.26 Å². The van der Waals surface area contributed by atoms with Crippen molar-refractivity contribution in [2.75, 3.05) is 0 Å². The van der Waals surface area contributed by atoms with Crippen LogP contribution in [0, 0.1) is 11.8 Å². The Morgan fingerprint density at radius 2 is 0.964 bits per heavy atom. The van der Waals surface area contributed by atoms with Gasteiger partial charge in [0.2, 0.25) is 0 Å². The second kappa shape index (κ2) is 5.96. The molecule has 1 aromatic heterocycles. The molecule has 0 amide bonds. The summed E-state index contributed by atoms with van der Waals surface area (Å²) in [5, 5.41) is 0. The molecule has 0 N–H and O–H groups in total. The van der Waals surface area contributed by atoms with Crippen LogP contribution in [0.5, 0.6) is 0 Å². The lowest BCUT2D eigenvalue weighted by Gasteiger charge is -2.23. The summed E-state index contributed by atoms with van der Waals surface area (Å²) < 4.78 is 5.50. The number of furan rings is 1. The maximum Gasteiger partial charge on any atom is 0.175 e. The number of fused-ring (bicyclic) bond motifs is 2. The van der Waals surface area contributed by atoms with Crippen LogP contribution in [-0.2, 0) is 0 Å². The molecule has 136 valence electrons. The van der Waals surface area contributed by atoms with E-state index in [2.05, 4.69) is 0 Å². The number of carbonyl (C=O) groups is 4. The van der Waals surface area contributed by atoms with E-state index < -0.39 is 17.8 Å². The molecule has 3 aromatic rings. The second-order valence-electron chi connectivity index (χ2n) is 7.04. The first kappa shape index (κ1) is 16.6. The Morgan fingerprint density at radius 1 is 0.571 bits per heavy atom. The topological polar surface area (TPSA) is 81.4 Å². The van der Waals surface area contributed by atoms with Gasteiger partial charge in [0.05, 0.1) is 24.0 Å². The number of benzene rings is 2. The zero-order chi connectivity index (χ0) is 19.4. The molecule has 0 fully saturated rings. The number of carbonyl (C=O) groups excluding carboxylic acids is 4. The molecule has 0 saturated carbocycles. The van der Waals surface area contributed by atoms with Gasteiger partial charge in [0.25, 0.3) is 0 Å². The molecule has 0 unspecified atom stereocenters. The molecule has 5 nitrogen and oxygen atoms in total. The highest BCUT2D eigenvalue weighted by atomic mass is 16.3. The van der Waals surface area contributed by atoms with Crippen LogP contribution in [0.15, 0.2) is 71.3 Å². The first-order chi connectivity index (χ1) is 13.6. The molecule has 0 aliphatic heterocycles. The van der Waals surface area contributed by atoms with Crippen LogP contribution in [-0.4, -0.2) is 23.1 Å². The molecule has 1 heterocycles. The lowest BCUT2D eigenvalue weighted by atomic mass is 9.75. The first-order valence-electron chi connectivity index (χ1n) is 8.98. The summed E-state index contributed by atoms with van der Waals surface area (Å²) in [5.41, 5.74) is 1.29. The van der Waals surface area contributed by atoms with Crippen LogP contribution in [0.25, 0.3) is 0 Å². The van der Waals surface area contributed by atoms with Gasteiger partial charge in [-0.05, 0) is 12.1 Å². The fourth-order valence-electron chi connectivity index (χ4n) is 4.39. The molecular formula is C23H14O5. The third-order valence-corrected chi connectivity index (χ3v) is 5.64. The molecule has 2 aromatic carbocycles. The first-order valence-corrected chi connectivity index (χ1v) is 8.98. The Bertz CT molecular complexity index is 1010. The molecular weight excluding hydrogens is 356 g/mol. The minimum Gasteiger partial charge on any atom is -0.469 e. The lowest BCUT2D eigenvalue weighted by molar-refractivity contribution is 0.0713. The molecule has 0 spiro atoms. The van der Waals surface area contributed by atoms with Gasteiger partial charge >= 0.3 is 0 Å². The minimum atomic E-state index is -1.16. The number of hydrogen-bond acceptors (Lipinski definition) is 5. The summed E-state index contributed by atoms with van der Waals surface area (Å²) in [6, 6.07) is 16.4. The molecule has 2 aliphatic rings. The zero-order valence-electron chi connectivity index (χ0n) is 14.6. The van der Waals surface area contributed by atoms with Crippen LogP contribution in [0.3, 0.4) is 0 Å². The van der Waals surface area contributed by atoms with E-state index >= 15 is 0 Å². The molecule has 0 atom stereocenters. The van der Waals surface area contributed by atoms with E-state index in [1.807, 2.05) is 0 Å². The van der Waals surface area contributed by atoms with Crippen molar-refractivity contribution in [3.8, 4) is 0 Å². The Kier molecular flexibility index (Phi) is 3.52. The fraction of sp³-hybridized carbons (Fsp3) is 0.130. The van der Waals surface area contributed by atoms with Crippen LogP contribution in [0.1, 0.15) is 53.1 Å². The van der Waals surface area contributed by atoms with E-state index in [0.717, 1.165) is 0 Å². The highest BCUT2D eigenvalue weighted by molar-refractivity contribution is 6.30. The summed E-state index contributed by atoms with van der Waals surface area (Å²) in [6.45, 7) is 0. The highest BCUT2D eigenvalue weighted by Gasteiger charge is 2.54. The lowest BCUT2D eigenvalue weighted by Crippen LogP contribution is -2.34. The van der Waals surface area contributed by atoms with Crippen molar-refractivity contribution in [1.29, 1.82) is 0 Å². The maximum atomic E-state index is 13.1. The summed E-state index contributed by atoms with van der Waals surface area (Å²) in [4.78, 5) is 52.4. The number of rotatable bonds is 3. The predicted molar refractivity (Wildman–Crippen MR) is 98.6 cm³/mol. The Labute approximate surface area is 160 Å². The van der Waals surface area contributed by atoms with Crippen molar-refractivity contribution < 1.29 is 23.6 Å². The van der Waals surface area contributed by atoms with Crippen LogP contribution >= 0.6 is 0 Å². The van der Waals surface area contributed by atoms with Crippen molar-refractivity contribution in [3.05, 3.63) is 94.9 Å². The monoisotopic (exact) mass is 370 g/mol. The molecule has 5 heteroatoms. The van der Waals surface area contributed by atoms with Gasteiger partial charge in [0.15, 0.2) is 23.1 Å². The SMILES string of the molecule is O=C1c2ccccc2C(=O)C1C(c1ccco1)C1C(=O)c2ccccc2C1=O. The maximum absolute atomic E-state index is 13.1. The highest BCUT2D eigenvalue weighted by Crippen LogP contribution is 2.45. The molecule has 0 saturated heterocycles. The van der Waals surface area contributed by atoms with Gasteiger partial charge in [-0.1, -0.05) is 48.5 Å². The van der Waals surface area contributed by atoms with Gasteiger partial charge in [-0.2, -0.15) is 0 Å². The number of Topliss-reactive ketones (excluding diaryl/α,β-unsaturated/α-hetero) is 4. The van der Waals surface area contributed by atoms with E-state index in [9.17, 15) is 19.2 Å². The number of hydrogen-bond donors (Lipinski definition) is 0. The standard InChI is InChI=1S/C23H14O5/c24-20-12-6-1-2-7-13(12)21(25)18(20)17(16-10-5-11-28-16)19-22(26)14-8-3-4-9-15(14)23(19)27/h1-11,17-19H. The van der Waals surface area contributed by atoms with Gasteiger partial charge in [0, 0.05) is 22.3 Å². The van der Waals surface area contributed by atoms with Crippen molar-refractivity contribution in [3.63, 3.8) is 0 Å². The average molecular weight is 370 g/mol. The van der Waals surface area contributed by atoms with Crippen LogP contribution in [0.2, 0.25) is 0 Å². The minimum absolute atomic E-state index is 0.291. The molecule has 2 aliphatic carbocycles. The summed E-state index contributed by atoms with van der Waals surface area (Å²) in [6.07, 6.45) is 1.41. The Balaban J connectivity index is 1.66. The smallest absolute Gasteiger partial charge is 0.175 e. The fourth-order valence-corrected chi connectivity index (χ4v) is 4.39. The predicted octanol–water partition coefficient (Wildman–Crippen LogP) is 3.75. The Morgan fingerprint density at radius 3 is 1.29 bits per heavy atom. The summed E-state index contributed by atoms with van der Waals surface area (Å²) in [5.74, 6) is -4.51. The normalized spacial score (nSPS) is 16.9.